The van der Waals surface area contributed by atoms with Gasteiger partial charge in [-0.05, 0) is 39.2 Å². The summed E-state index contributed by atoms with van der Waals surface area (Å²) < 4.78 is 0. The number of carbonyl (C=O) groups is 1. The maximum absolute atomic E-state index is 12.4. The summed E-state index contributed by atoms with van der Waals surface area (Å²) in [5.41, 5.74) is -0.432. The van der Waals surface area contributed by atoms with Gasteiger partial charge in [-0.2, -0.15) is 0 Å². The SMILES string of the molecule is CCC(NC(=O)C1(C)CCCCN1)c1ncc[nH]1. The molecule has 1 amide bonds. The minimum absolute atomic E-state index is 0.0342. The summed E-state index contributed by atoms with van der Waals surface area (Å²) in [5, 5.41) is 6.41. The van der Waals surface area contributed by atoms with Crippen LogP contribution in [0.2, 0.25) is 0 Å². The highest BCUT2D eigenvalue weighted by molar-refractivity contribution is 5.86. The Morgan fingerprint density at radius 3 is 3.00 bits per heavy atom. The number of aromatic amines is 1. The van der Waals surface area contributed by atoms with Gasteiger partial charge < -0.3 is 15.6 Å². The smallest absolute Gasteiger partial charge is 0.240 e. The van der Waals surface area contributed by atoms with Crippen LogP contribution in [0, 0.1) is 0 Å². The quantitative estimate of drug-likeness (QED) is 0.758. The van der Waals surface area contributed by atoms with Crippen molar-refractivity contribution in [3.05, 3.63) is 18.2 Å². The van der Waals surface area contributed by atoms with Gasteiger partial charge in [-0.1, -0.05) is 6.92 Å². The summed E-state index contributed by atoms with van der Waals surface area (Å²) in [5.74, 6) is 0.899. The molecule has 0 aliphatic carbocycles. The fraction of sp³-hybridized carbons (Fsp3) is 0.692. The van der Waals surface area contributed by atoms with E-state index in [-0.39, 0.29) is 11.9 Å². The lowest BCUT2D eigenvalue weighted by atomic mass is 9.89. The lowest BCUT2D eigenvalue weighted by molar-refractivity contribution is -0.128. The molecule has 100 valence electrons. The Kier molecular flexibility index (Phi) is 4.01. The summed E-state index contributed by atoms with van der Waals surface area (Å²) in [7, 11) is 0. The molecule has 1 fully saturated rings. The van der Waals surface area contributed by atoms with Crippen LogP contribution in [0.15, 0.2) is 12.4 Å². The van der Waals surface area contributed by atoms with E-state index in [2.05, 4.69) is 20.6 Å². The van der Waals surface area contributed by atoms with Gasteiger partial charge in [0.25, 0.3) is 0 Å². The minimum atomic E-state index is -0.432. The summed E-state index contributed by atoms with van der Waals surface area (Å²) >= 11 is 0. The molecule has 0 spiro atoms. The third-order valence-corrected chi connectivity index (χ3v) is 3.68. The first-order valence-electron chi connectivity index (χ1n) is 6.71. The molecule has 2 rings (SSSR count). The number of imidazole rings is 1. The first kappa shape index (κ1) is 13.1. The molecule has 1 aliphatic rings. The molecule has 1 saturated heterocycles. The first-order chi connectivity index (χ1) is 8.65. The molecule has 2 atom stereocenters. The molecule has 0 saturated carbocycles. The predicted octanol–water partition coefficient (Wildman–Crippen LogP) is 1.51. The average Bonchev–Trinajstić information content (AvgIpc) is 2.90. The number of hydrogen-bond acceptors (Lipinski definition) is 3. The second-order valence-electron chi connectivity index (χ2n) is 5.12. The van der Waals surface area contributed by atoms with Crippen LogP contribution in [-0.2, 0) is 4.79 Å². The van der Waals surface area contributed by atoms with Crippen LogP contribution in [0.3, 0.4) is 0 Å². The van der Waals surface area contributed by atoms with Gasteiger partial charge in [0.05, 0.1) is 11.6 Å². The van der Waals surface area contributed by atoms with Gasteiger partial charge in [0.2, 0.25) is 5.91 Å². The molecule has 1 aromatic rings. The molecule has 0 aromatic carbocycles. The van der Waals surface area contributed by atoms with E-state index in [9.17, 15) is 4.79 Å². The number of piperidine rings is 1. The molecule has 5 nitrogen and oxygen atoms in total. The van der Waals surface area contributed by atoms with Crippen LogP contribution in [0.5, 0.6) is 0 Å². The van der Waals surface area contributed by atoms with E-state index in [1.54, 1.807) is 12.4 Å². The second kappa shape index (κ2) is 5.52. The highest BCUT2D eigenvalue weighted by Crippen LogP contribution is 2.21. The van der Waals surface area contributed by atoms with Crippen molar-refractivity contribution in [2.45, 2.75) is 51.1 Å². The van der Waals surface area contributed by atoms with Gasteiger partial charge in [-0.25, -0.2) is 4.98 Å². The highest BCUT2D eigenvalue weighted by atomic mass is 16.2. The third-order valence-electron chi connectivity index (χ3n) is 3.68. The van der Waals surface area contributed by atoms with Crippen LogP contribution < -0.4 is 10.6 Å². The number of rotatable bonds is 4. The molecule has 3 N–H and O–H groups in total. The first-order valence-corrected chi connectivity index (χ1v) is 6.71. The van der Waals surface area contributed by atoms with Gasteiger partial charge in [-0.15, -0.1) is 0 Å². The molecule has 2 heterocycles. The molecule has 5 heteroatoms. The average molecular weight is 250 g/mol. The molecule has 18 heavy (non-hydrogen) atoms. The molecule has 2 unspecified atom stereocenters. The number of H-pyrrole nitrogens is 1. The Labute approximate surface area is 108 Å². The highest BCUT2D eigenvalue weighted by Gasteiger charge is 2.35. The summed E-state index contributed by atoms with van der Waals surface area (Å²) in [4.78, 5) is 19.6. The molecule has 1 aromatic heterocycles. The topological polar surface area (TPSA) is 69.8 Å². The van der Waals surface area contributed by atoms with Crippen molar-refractivity contribution in [2.75, 3.05) is 6.54 Å². The largest absolute Gasteiger partial charge is 0.347 e. The second-order valence-corrected chi connectivity index (χ2v) is 5.12. The van der Waals surface area contributed by atoms with Gasteiger partial charge in [0, 0.05) is 12.4 Å². The van der Waals surface area contributed by atoms with Gasteiger partial charge in [-0.3, -0.25) is 4.79 Å². The standard InChI is InChI=1S/C13H22N4O/c1-3-10(11-14-8-9-15-11)17-12(18)13(2)6-4-5-7-16-13/h8-10,16H,3-7H2,1-2H3,(H,14,15)(H,17,18). The minimum Gasteiger partial charge on any atom is -0.347 e. The monoisotopic (exact) mass is 250 g/mol. The predicted molar refractivity (Wildman–Crippen MR) is 70.0 cm³/mol. The van der Waals surface area contributed by atoms with Crippen molar-refractivity contribution in [3.8, 4) is 0 Å². The fourth-order valence-electron chi connectivity index (χ4n) is 2.40. The zero-order chi connectivity index (χ0) is 13.0. The molecular weight excluding hydrogens is 228 g/mol. The van der Waals surface area contributed by atoms with Gasteiger partial charge in [0.15, 0.2) is 0 Å². The maximum Gasteiger partial charge on any atom is 0.240 e. The van der Waals surface area contributed by atoms with Crippen molar-refractivity contribution >= 4 is 5.91 Å². The number of amides is 1. The molecule has 0 radical (unpaired) electrons. The summed E-state index contributed by atoms with van der Waals surface area (Å²) in [6, 6.07) is -0.0342. The van der Waals surface area contributed by atoms with E-state index in [1.807, 2.05) is 13.8 Å². The van der Waals surface area contributed by atoms with E-state index in [1.165, 1.54) is 0 Å². The Morgan fingerprint density at radius 1 is 1.61 bits per heavy atom. The van der Waals surface area contributed by atoms with Crippen LogP contribution in [0.4, 0.5) is 0 Å². The Morgan fingerprint density at radius 2 is 2.44 bits per heavy atom. The number of hydrogen-bond donors (Lipinski definition) is 3. The lowest BCUT2D eigenvalue weighted by Crippen LogP contribution is -2.57. The van der Waals surface area contributed by atoms with E-state index in [0.717, 1.165) is 38.1 Å². The fourth-order valence-corrected chi connectivity index (χ4v) is 2.40. The summed E-state index contributed by atoms with van der Waals surface area (Å²) in [6.07, 6.45) is 7.48. The lowest BCUT2D eigenvalue weighted by Gasteiger charge is -2.34. The van der Waals surface area contributed by atoms with E-state index in [0.29, 0.717) is 0 Å². The summed E-state index contributed by atoms with van der Waals surface area (Å²) in [6.45, 7) is 4.95. The zero-order valence-corrected chi connectivity index (χ0v) is 11.1. The van der Waals surface area contributed by atoms with Crippen LogP contribution in [0.25, 0.3) is 0 Å². The van der Waals surface area contributed by atoms with Crippen LogP contribution in [-0.4, -0.2) is 28.0 Å². The van der Waals surface area contributed by atoms with Gasteiger partial charge >= 0.3 is 0 Å². The number of carbonyl (C=O) groups excluding carboxylic acids is 1. The van der Waals surface area contributed by atoms with E-state index in [4.69, 9.17) is 0 Å². The van der Waals surface area contributed by atoms with E-state index < -0.39 is 5.54 Å². The Bertz CT molecular complexity index is 382. The normalized spacial score (nSPS) is 25.7. The maximum atomic E-state index is 12.4. The van der Waals surface area contributed by atoms with Crippen molar-refractivity contribution in [3.63, 3.8) is 0 Å². The van der Waals surface area contributed by atoms with Crippen molar-refractivity contribution < 1.29 is 4.79 Å². The van der Waals surface area contributed by atoms with Crippen molar-refractivity contribution in [1.82, 2.24) is 20.6 Å². The molecule has 0 bridgehead atoms. The van der Waals surface area contributed by atoms with Crippen LogP contribution in [0.1, 0.15) is 51.4 Å². The van der Waals surface area contributed by atoms with Gasteiger partial charge in [0.1, 0.15) is 5.82 Å². The van der Waals surface area contributed by atoms with Crippen LogP contribution >= 0.6 is 0 Å². The number of aromatic nitrogens is 2. The van der Waals surface area contributed by atoms with E-state index >= 15 is 0 Å². The number of nitrogens with one attached hydrogen (secondary N) is 3. The molecular formula is C13H22N4O. The third kappa shape index (κ3) is 2.72. The number of nitrogens with zero attached hydrogens (tertiary/aromatic N) is 1. The zero-order valence-electron chi connectivity index (χ0n) is 11.1. The van der Waals surface area contributed by atoms with Crippen molar-refractivity contribution in [1.29, 1.82) is 0 Å². The van der Waals surface area contributed by atoms with Crippen molar-refractivity contribution in [2.24, 2.45) is 0 Å². The Balaban J connectivity index is 2.01. The molecule has 1 aliphatic heterocycles. The Hall–Kier alpha value is -1.36.